The quantitative estimate of drug-likeness (QED) is 0.834. The zero-order valence-corrected chi connectivity index (χ0v) is 13.2. The second-order valence-electron chi connectivity index (χ2n) is 5.43. The Kier molecular flexibility index (Phi) is 4.05. The molecule has 1 atom stereocenters. The monoisotopic (exact) mass is 293 g/mol. The van der Waals surface area contributed by atoms with Crippen LogP contribution in [0.4, 0.5) is 11.4 Å². The number of rotatable bonds is 3. The van der Waals surface area contributed by atoms with E-state index in [1.165, 1.54) is 11.3 Å². The van der Waals surface area contributed by atoms with Gasteiger partial charge in [-0.1, -0.05) is 36.4 Å². The Balaban J connectivity index is 2.03. The molecule has 0 spiro atoms. The molecule has 1 aliphatic rings. The van der Waals surface area contributed by atoms with E-state index in [0.29, 0.717) is 0 Å². The maximum absolute atomic E-state index is 5.67. The third-order valence-corrected chi connectivity index (χ3v) is 4.12. The lowest BCUT2D eigenvalue weighted by Crippen LogP contribution is -2.45. The number of para-hydroxylation sites is 2. The maximum Gasteiger partial charge on any atom is 0.196 e. The van der Waals surface area contributed by atoms with Gasteiger partial charge in [-0.25, -0.2) is 0 Å². The summed E-state index contributed by atoms with van der Waals surface area (Å²) in [6.07, 6.45) is 0. The molecule has 3 heteroatoms. The van der Waals surface area contributed by atoms with Gasteiger partial charge in [-0.2, -0.15) is 0 Å². The van der Waals surface area contributed by atoms with Crippen molar-refractivity contribution >= 4 is 11.4 Å². The summed E-state index contributed by atoms with van der Waals surface area (Å²) in [7, 11) is 1.73. The molecule has 113 valence electrons. The summed E-state index contributed by atoms with van der Waals surface area (Å²) in [6.45, 7) is 6.43. The van der Waals surface area contributed by atoms with E-state index in [2.05, 4.69) is 66.7 Å². The van der Waals surface area contributed by atoms with Gasteiger partial charge in [-0.3, -0.25) is 4.90 Å². The summed E-state index contributed by atoms with van der Waals surface area (Å²) < 4.78 is 5.67. The van der Waals surface area contributed by atoms with E-state index in [4.69, 9.17) is 4.74 Å². The fourth-order valence-electron chi connectivity index (χ4n) is 2.78. The smallest absolute Gasteiger partial charge is 0.196 e. The molecule has 3 nitrogen and oxygen atoms in total. The van der Waals surface area contributed by atoms with Gasteiger partial charge in [-0.15, -0.1) is 0 Å². The van der Waals surface area contributed by atoms with E-state index in [9.17, 15) is 0 Å². The van der Waals surface area contributed by atoms with E-state index in [0.717, 1.165) is 11.6 Å². The molecule has 0 saturated heterocycles. The molecule has 0 aliphatic carbocycles. The van der Waals surface area contributed by atoms with Gasteiger partial charge in [0.05, 0.1) is 13.2 Å². The van der Waals surface area contributed by atoms with E-state index in [1.807, 2.05) is 24.3 Å². The van der Waals surface area contributed by atoms with Crippen molar-refractivity contribution in [2.24, 2.45) is 0 Å². The first-order valence-electron chi connectivity index (χ1n) is 7.50. The SMILES string of the molecule is COC1=C(C)C(C)N(c2ccccc2)[CH]N1c1ccccc1. The Morgan fingerprint density at radius 3 is 1.95 bits per heavy atom. The minimum Gasteiger partial charge on any atom is -0.482 e. The number of ether oxygens (including phenoxy) is 1. The van der Waals surface area contributed by atoms with Crippen LogP contribution in [0.25, 0.3) is 0 Å². The molecule has 1 radical (unpaired) electrons. The van der Waals surface area contributed by atoms with Crippen molar-refractivity contribution in [3.63, 3.8) is 0 Å². The first kappa shape index (κ1) is 14.5. The molecule has 2 aromatic rings. The van der Waals surface area contributed by atoms with Gasteiger partial charge in [0.1, 0.15) is 6.67 Å². The second kappa shape index (κ2) is 6.14. The molecular weight excluding hydrogens is 272 g/mol. The van der Waals surface area contributed by atoms with Gasteiger partial charge in [0.25, 0.3) is 0 Å². The molecule has 0 bridgehead atoms. The zero-order valence-electron chi connectivity index (χ0n) is 13.2. The first-order valence-corrected chi connectivity index (χ1v) is 7.50. The Bertz CT molecular complexity index is 652. The standard InChI is InChI=1S/C19H21N2O/c1-15-16(2)20(17-10-6-4-7-11-17)14-21(19(15)22-3)18-12-8-5-9-13-18/h4-14,16H,1-3H3. The fourth-order valence-corrected chi connectivity index (χ4v) is 2.78. The Hall–Kier alpha value is -2.42. The lowest BCUT2D eigenvalue weighted by atomic mass is 10.1. The van der Waals surface area contributed by atoms with Gasteiger partial charge in [0.15, 0.2) is 5.88 Å². The van der Waals surface area contributed by atoms with Gasteiger partial charge in [0.2, 0.25) is 0 Å². The highest BCUT2D eigenvalue weighted by molar-refractivity contribution is 5.62. The normalized spacial score (nSPS) is 18.6. The van der Waals surface area contributed by atoms with Gasteiger partial charge >= 0.3 is 0 Å². The van der Waals surface area contributed by atoms with E-state index < -0.39 is 0 Å². The summed E-state index contributed by atoms with van der Waals surface area (Å²) in [6, 6.07) is 20.9. The second-order valence-corrected chi connectivity index (χ2v) is 5.43. The van der Waals surface area contributed by atoms with Crippen molar-refractivity contribution in [2.45, 2.75) is 19.9 Å². The highest BCUT2D eigenvalue weighted by atomic mass is 16.5. The third-order valence-electron chi connectivity index (χ3n) is 4.12. The first-order chi connectivity index (χ1) is 10.7. The molecular formula is C19H21N2O. The number of nitrogens with zero attached hydrogens (tertiary/aromatic N) is 2. The van der Waals surface area contributed by atoms with Crippen LogP contribution in [-0.4, -0.2) is 13.2 Å². The molecule has 1 unspecified atom stereocenters. The van der Waals surface area contributed by atoms with Crippen LogP contribution in [0.15, 0.2) is 72.1 Å². The van der Waals surface area contributed by atoms with Crippen LogP contribution in [0.2, 0.25) is 0 Å². The summed E-state index contributed by atoms with van der Waals surface area (Å²) >= 11 is 0. The van der Waals surface area contributed by atoms with Crippen molar-refractivity contribution in [1.29, 1.82) is 0 Å². The Morgan fingerprint density at radius 1 is 0.864 bits per heavy atom. The molecule has 0 aromatic heterocycles. The van der Waals surface area contributed by atoms with Crippen LogP contribution < -0.4 is 9.80 Å². The zero-order chi connectivity index (χ0) is 15.5. The average Bonchev–Trinajstić information content (AvgIpc) is 2.58. The molecule has 0 fully saturated rings. The topological polar surface area (TPSA) is 15.7 Å². The molecule has 0 saturated carbocycles. The Labute approximate surface area is 132 Å². The Morgan fingerprint density at radius 2 is 1.41 bits per heavy atom. The highest BCUT2D eigenvalue weighted by Gasteiger charge is 2.31. The van der Waals surface area contributed by atoms with Gasteiger partial charge in [-0.05, 0) is 38.1 Å². The minimum absolute atomic E-state index is 0.248. The van der Waals surface area contributed by atoms with Crippen LogP contribution in [0, 0.1) is 6.67 Å². The predicted molar refractivity (Wildman–Crippen MR) is 91.3 cm³/mol. The lowest BCUT2D eigenvalue weighted by Gasteiger charge is -2.42. The largest absolute Gasteiger partial charge is 0.482 e. The average molecular weight is 293 g/mol. The fraction of sp³-hybridized carbons (Fsp3) is 0.211. The number of hydrogen-bond donors (Lipinski definition) is 0. The highest BCUT2D eigenvalue weighted by Crippen LogP contribution is 2.34. The third kappa shape index (κ3) is 2.54. The summed E-state index contributed by atoms with van der Waals surface area (Å²) in [5, 5.41) is 0. The number of methoxy groups -OCH3 is 1. The number of anilines is 2. The molecule has 3 rings (SSSR count). The maximum atomic E-state index is 5.67. The molecule has 0 amide bonds. The van der Waals surface area contributed by atoms with E-state index >= 15 is 0 Å². The van der Waals surface area contributed by atoms with Crippen molar-refractivity contribution in [3.05, 3.63) is 78.8 Å². The van der Waals surface area contributed by atoms with Crippen LogP contribution >= 0.6 is 0 Å². The van der Waals surface area contributed by atoms with Crippen LogP contribution in [0.3, 0.4) is 0 Å². The molecule has 1 heterocycles. The van der Waals surface area contributed by atoms with Crippen molar-refractivity contribution < 1.29 is 4.74 Å². The lowest BCUT2D eigenvalue weighted by molar-refractivity contribution is 0.269. The van der Waals surface area contributed by atoms with E-state index in [-0.39, 0.29) is 6.04 Å². The summed E-state index contributed by atoms with van der Waals surface area (Å²) in [4.78, 5) is 4.37. The van der Waals surface area contributed by atoms with Crippen LogP contribution in [-0.2, 0) is 4.74 Å². The number of benzene rings is 2. The van der Waals surface area contributed by atoms with Crippen molar-refractivity contribution in [3.8, 4) is 0 Å². The van der Waals surface area contributed by atoms with Crippen LogP contribution in [0.5, 0.6) is 0 Å². The molecule has 1 aliphatic heterocycles. The molecule has 0 N–H and O–H groups in total. The van der Waals surface area contributed by atoms with Crippen molar-refractivity contribution in [2.75, 3.05) is 16.9 Å². The molecule has 2 aromatic carbocycles. The minimum atomic E-state index is 0.248. The molecule has 22 heavy (non-hydrogen) atoms. The van der Waals surface area contributed by atoms with E-state index in [1.54, 1.807) is 7.11 Å². The summed E-state index contributed by atoms with van der Waals surface area (Å²) in [5.74, 6) is 0.894. The van der Waals surface area contributed by atoms with Gasteiger partial charge in [0, 0.05) is 16.9 Å². The van der Waals surface area contributed by atoms with Crippen LogP contribution in [0.1, 0.15) is 13.8 Å². The summed E-state index contributed by atoms with van der Waals surface area (Å²) in [5.41, 5.74) is 3.47. The number of hydrogen-bond acceptors (Lipinski definition) is 3. The predicted octanol–water partition coefficient (Wildman–Crippen LogP) is 4.40. The van der Waals surface area contributed by atoms with Gasteiger partial charge < -0.3 is 9.64 Å². The van der Waals surface area contributed by atoms with Crippen molar-refractivity contribution in [1.82, 2.24) is 0 Å².